The van der Waals surface area contributed by atoms with Gasteiger partial charge in [0.1, 0.15) is 6.10 Å². The third-order valence-electron chi connectivity index (χ3n) is 7.48. The van der Waals surface area contributed by atoms with Crippen LogP contribution >= 0.6 is 0 Å². The van der Waals surface area contributed by atoms with Gasteiger partial charge in [-0.05, 0) is 98.3 Å². The molecule has 1 aliphatic heterocycles. The summed E-state index contributed by atoms with van der Waals surface area (Å²) in [7, 11) is 0. The molecule has 1 nitrogen and oxygen atoms in total. The number of benzene rings is 1. The molecule has 0 radical (unpaired) electrons. The van der Waals surface area contributed by atoms with Gasteiger partial charge in [0.25, 0.3) is 0 Å². The molecule has 0 spiro atoms. The van der Waals surface area contributed by atoms with Gasteiger partial charge in [-0.15, -0.1) is 0 Å². The Bertz CT molecular complexity index is 690. The highest BCUT2D eigenvalue weighted by Gasteiger charge is 2.32. The van der Waals surface area contributed by atoms with Crippen LogP contribution in [0.15, 0.2) is 24.0 Å². The van der Waals surface area contributed by atoms with E-state index in [1.165, 1.54) is 56.9 Å². The van der Waals surface area contributed by atoms with Gasteiger partial charge in [0.05, 0.1) is 6.26 Å². The molecule has 2 fully saturated rings. The minimum absolute atomic E-state index is 0.377. The summed E-state index contributed by atoms with van der Waals surface area (Å²) < 4.78 is 46.0. The highest BCUT2D eigenvalue weighted by Crippen LogP contribution is 2.44. The van der Waals surface area contributed by atoms with Crippen LogP contribution in [0.5, 0.6) is 0 Å². The van der Waals surface area contributed by atoms with Crippen molar-refractivity contribution in [3.05, 3.63) is 47.0 Å². The van der Waals surface area contributed by atoms with Crippen molar-refractivity contribution in [1.29, 1.82) is 0 Å². The summed E-state index contributed by atoms with van der Waals surface area (Å²) in [6.07, 6.45) is 13.7. The Hall–Kier alpha value is -1.45. The molecule has 1 unspecified atom stereocenters. The Morgan fingerprint density at radius 1 is 0.786 bits per heavy atom. The molecule has 0 aromatic heterocycles. The lowest BCUT2D eigenvalue weighted by Crippen LogP contribution is -2.26. The van der Waals surface area contributed by atoms with Gasteiger partial charge in [-0.1, -0.05) is 19.8 Å². The lowest BCUT2D eigenvalue weighted by molar-refractivity contribution is 0.108. The molecule has 4 heteroatoms. The summed E-state index contributed by atoms with van der Waals surface area (Å²) in [6.45, 7) is 2.38. The van der Waals surface area contributed by atoms with Crippen LogP contribution in [-0.2, 0) is 4.74 Å². The zero-order valence-corrected chi connectivity index (χ0v) is 16.7. The molecule has 2 aliphatic carbocycles. The van der Waals surface area contributed by atoms with Crippen molar-refractivity contribution in [3.63, 3.8) is 0 Å². The minimum atomic E-state index is -1.42. The predicted octanol–water partition coefficient (Wildman–Crippen LogP) is 7.47. The van der Waals surface area contributed by atoms with Crippen molar-refractivity contribution in [2.24, 2.45) is 23.7 Å². The van der Waals surface area contributed by atoms with Crippen LogP contribution in [0.4, 0.5) is 13.2 Å². The second kappa shape index (κ2) is 8.51. The standard InChI is InChI=1S/C24H31F3O/c1-15-2-4-16(5-3-15)17-6-8-18(9-7-17)19-10-11-23(28-14-19)20-12-21(25)24(27)22(26)13-20/h12-18,23H,2-11H2,1H3. The fourth-order valence-electron chi connectivity index (χ4n) is 5.62. The van der Waals surface area contributed by atoms with E-state index in [1.807, 2.05) is 6.26 Å². The van der Waals surface area contributed by atoms with E-state index in [-0.39, 0.29) is 0 Å². The average molecular weight is 393 g/mol. The van der Waals surface area contributed by atoms with Gasteiger partial charge in [0.2, 0.25) is 0 Å². The molecule has 1 aromatic rings. The number of halogens is 3. The lowest BCUT2D eigenvalue weighted by Gasteiger charge is -2.38. The Kier molecular flexibility index (Phi) is 6.03. The van der Waals surface area contributed by atoms with Gasteiger partial charge in [-0.25, -0.2) is 13.2 Å². The Morgan fingerprint density at radius 2 is 1.36 bits per heavy atom. The van der Waals surface area contributed by atoms with Crippen LogP contribution < -0.4 is 0 Å². The second-order valence-electron chi connectivity index (χ2n) is 9.29. The first-order valence-electron chi connectivity index (χ1n) is 11.0. The number of hydrogen-bond acceptors (Lipinski definition) is 1. The molecule has 2 saturated carbocycles. The molecule has 4 rings (SSSR count). The molecule has 28 heavy (non-hydrogen) atoms. The fourth-order valence-corrected chi connectivity index (χ4v) is 5.62. The largest absolute Gasteiger partial charge is 0.493 e. The molecule has 1 heterocycles. The summed E-state index contributed by atoms with van der Waals surface area (Å²) in [4.78, 5) is 0. The Labute approximate surface area is 166 Å². The van der Waals surface area contributed by atoms with Gasteiger partial charge in [0, 0.05) is 0 Å². The molecule has 0 bridgehead atoms. The van der Waals surface area contributed by atoms with Gasteiger partial charge in [-0.3, -0.25) is 0 Å². The molecular formula is C24H31F3O. The van der Waals surface area contributed by atoms with Crippen molar-refractivity contribution < 1.29 is 17.9 Å². The van der Waals surface area contributed by atoms with E-state index in [0.29, 0.717) is 17.9 Å². The Morgan fingerprint density at radius 3 is 1.89 bits per heavy atom. The summed E-state index contributed by atoms with van der Waals surface area (Å²) in [5.41, 5.74) is 1.72. The highest BCUT2D eigenvalue weighted by molar-refractivity contribution is 5.23. The maximum atomic E-state index is 13.5. The predicted molar refractivity (Wildman–Crippen MR) is 104 cm³/mol. The summed E-state index contributed by atoms with van der Waals surface area (Å²) in [5.74, 6) is -0.393. The van der Waals surface area contributed by atoms with E-state index in [9.17, 15) is 13.2 Å². The summed E-state index contributed by atoms with van der Waals surface area (Å²) >= 11 is 0. The molecule has 1 atom stereocenters. The first-order chi connectivity index (χ1) is 13.5. The van der Waals surface area contributed by atoms with Gasteiger partial charge < -0.3 is 4.74 Å². The monoisotopic (exact) mass is 392 g/mol. The molecular weight excluding hydrogens is 361 g/mol. The Balaban J connectivity index is 1.31. The average Bonchev–Trinajstić information content (AvgIpc) is 2.72. The first kappa shape index (κ1) is 19.8. The van der Waals surface area contributed by atoms with E-state index in [4.69, 9.17) is 4.74 Å². The van der Waals surface area contributed by atoms with E-state index in [1.54, 1.807) is 0 Å². The lowest BCUT2D eigenvalue weighted by atomic mass is 9.68. The van der Waals surface area contributed by atoms with Crippen LogP contribution in [0.2, 0.25) is 0 Å². The van der Waals surface area contributed by atoms with Crippen LogP contribution in [0.25, 0.3) is 0 Å². The molecule has 1 aromatic carbocycles. The SMILES string of the molecule is CC1CCC(C2CCC(C3=COC(c4cc(F)c(F)c(F)c4)CC3)CC2)CC1. The van der Waals surface area contributed by atoms with E-state index < -0.39 is 23.6 Å². The van der Waals surface area contributed by atoms with E-state index in [0.717, 1.165) is 36.3 Å². The number of hydrogen-bond donors (Lipinski definition) is 0. The quantitative estimate of drug-likeness (QED) is 0.485. The van der Waals surface area contributed by atoms with E-state index >= 15 is 0 Å². The zero-order chi connectivity index (χ0) is 19.7. The topological polar surface area (TPSA) is 9.23 Å². The normalized spacial score (nSPS) is 33.9. The molecule has 0 saturated heterocycles. The van der Waals surface area contributed by atoms with Crippen molar-refractivity contribution in [3.8, 4) is 0 Å². The number of ether oxygens (including phenoxy) is 1. The molecule has 154 valence electrons. The maximum Gasteiger partial charge on any atom is 0.194 e. The smallest absolute Gasteiger partial charge is 0.194 e. The second-order valence-corrected chi connectivity index (χ2v) is 9.29. The molecule has 0 N–H and O–H groups in total. The van der Waals surface area contributed by atoms with Crippen molar-refractivity contribution in [2.45, 2.75) is 77.2 Å². The van der Waals surface area contributed by atoms with Crippen LogP contribution in [-0.4, -0.2) is 0 Å². The maximum absolute atomic E-state index is 13.5. The van der Waals surface area contributed by atoms with Crippen LogP contribution in [0, 0.1) is 41.1 Å². The van der Waals surface area contributed by atoms with E-state index in [2.05, 4.69) is 6.92 Å². The fraction of sp³-hybridized carbons (Fsp3) is 0.667. The summed E-state index contributed by atoms with van der Waals surface area (Å²) in [5, 5.41) is 0. The van der Waals surface area contributed by atoms with Gasteiger partial charge >= 0.3 is 0 Å². The minimum Gasteiger partial charge on any atom is -0.493 e. The number of rotatable bonds is 3. The third-order valence-corrected chi connectivity index (χ3v) is 7.48. The third kappa shape index (κ3) is 4.26. The number of allylic oxidation sites excluding steroid dienone is 1. The molecule has 0 amide bonds. The van der Waals surface area contributed by atoms with Gasteiger partial charge in [-0.2, -0.15) is 0 Å². The van der Waals surface area contributed by atoms with Crippen LogP contribution in [0.3, 0.4) is 0 Å². The van der Waals surface area contributed by atoms with Crippen LogP contribution in [0.1, 0.15) is 82.8 Å². The van der Waals surface area contributed by atoms with Crippen molar-refractivity contribution >= 4 is 0 Å². The molecule has 3 aliphatic rings. The van der Waals surface area contributed by atoms with Crippen molar-refractivity contribution in [2.75, 3.05) is 0 Å². The summed E-state index contributed by atoms with van der Waals surface area (Å²) in [6, 6.07) is 2.11. The zero-order valence-electron chi connectivity index (χ0n) is 16.7. The van der Waals surface area contributed by atoms with Crippen molar-refractivity contribution in [1.82, 2.24) is 0 Å². The first-order valence-corrected chi connectivity index (χ1v) is 11.0. The highest BCUT2D eigenvalue weighted by atomic mass is 19.2. The van der Waals surface area contributed by atoms with Gasteiger partial charge in [0.15, 0.2) is 17.5 Å².